The first kappa shape index (κ1) is 17.9. The van der Waals surface area contributed by atoms with Gasteiger partial charge < -0.3 is 11.5 Å². The summed E-state index contributed by atoms with van der Waals surface area (Å²) in [5.74, 6) is 0.616. The molecule has 4 nitrogen and oxygen atoms in total. The van der Waals surface area contributed by atoms with Gasteiger partial charge in [-0.2, -0.15) is 0 Å². The van der Waals surface area contributed by atoms with E-state index >= 15 is 0 Å². The summed E-state index contributed by atoms with van der Waals surface area (Å²) in [5.41, 5.74) is 13.3. The molecule has 0 saturated carbocycles. The average molecular weight is 352 g/mol. The lowest BCUT2D eigenvalue weighted by molar-refractivity contribution is 0.100. The minimum Gasteiger partial charge on any atom is -0.366 e. The number of nitrogens with two attached hydrogens (primary N) is 2. The molecule has 0 aliphatic carbocycles. The maximum atomic E-state index is 11.2. The fourth-order valence-electron chi connectivity index (χ4n) is 3.22. The first-order chi connectivity index (χ1) is 10.7. The van der Waals surface area contributed by atoms with Crippen molar-refractivity contribution in [3.05, 3.63) is 57.8 Å². The number of primary amides is 1. The molecule has 1 aromatic heterocycles. The van der Waals surface area contributed by atoms with Gasteiger partial charge in [-0.25, -0.2) is 0 Å². The van der Waals surface area contributed by atoms with E-state index in [1.165, 1.54) is 10.4 Å². The van der Waals surface area contributed by atoms with E-state index < -0.39 is 0 Å². The first-order valence-corrected chi connectivity index (χ1v) is 8.40. The highest BCUT2D eigenvalue weighted by molar-refractivity contribution is 7.10. The van der Waals surface area contributed by atoms with E-state index in [9.17, 15) is 4.79 Å². The molecule has 1 aliphatic rings. The molecule has 0 spiro atoms. The zero-order valence-electron chi connectivity index (χ0n) is 12.9. The van der Waals surface area contributed by atoms with Gasteiger partial charge in [0.05, 0.1) is 5.56 Å². The Labute approximate surface area is 146 Å². The van der Waals surface area contributed by atoms with Crippen molar-refractivity contribution < 1.29 is 4.79 Å². The Balaban J connectivity index is 0.00000192. The second-order valence-corrected chi connectivity index (χ2v) is 6.87. The molecular formula is C17H22ClN3OS. The van der Waals surface area contributed by atoms with Gasteiger partial charge in [-0.05, 0) is 24.1 Å². The van der Waals surface area contributed by atoms with Gasteiger partial charge in [0, 0.05) is 35.8 Å². The maximum absolute atomic E-state index is 11.2. The molecule has 2 atom stereocenters. The van der Waals surface area contributed by atoms with E-state index in [2.05, 4.69) is 29.2 Å². The van der Waals surface area contributed by atoms with Gasteiger partial charge >= 0.3 is 0 Å². The molecule has 2 heterocycles. The van der Waals surface area contributed by atoms with Crippen LogP contribution in [-0.4, -0.2) is 30.4 Å². The van der Waals surface area contributed by atoms with Crippen molar-refractivity contribution in [2.45, 2.75) is 12.5 Å². The summed E-state index contributed by atoms with van der Waals surface area (Å²) < 4.78 is 0. The van der Waals surface area contributed by atoms with Gasteiger partial charge in [0.15, 0.2) is 0 Å². The van der Waals surface area contributed by atoms with Crippen molar-refractivity contribution in [2.75, 3.05) is 19.6 Å². The molecule has 1 fully saturated rings. The molecule has 1 aromatic carbocycles. The lowest BCUT2D eigenvalue weighted by Crippen LogP contribution is -2.23. The van der Waals surface area contributed by atoms with Crippen LogP contribution in [-0.2, 0) is 6.54 Å². The number of nitrogens with zero attached hydrogens (tertiary/aromatic N) is 1. The molecule has 23 heavy (non-hydrogen) atoms. The van der Waals surface area contributed by atoms with Crippen LogP contribution in [0.15, 0.2) is 41.8 Å². The molecule has 4 N–H and O–H groups in total. The van der Waals surface area contributed by atoms with Gasteiger partial charge in [0.25, 0.3) is 0 Å². The minimum absolute atomic E-state index is 0. The number of amides is 1. The summed E-state index contributed by atoms with van der Waals surface area (Å²) >= 11 is 1.60. The number of benzene rings is 1. The highest BCUT2D eigenvalue weighted by Crippen LogP contribution is 2.33. The van der Waals surface area contributed by atoms with Gasteiger partial charge in [0.2, 0.25) is 5.91 Å². The van der Waals surface area contributed by atoms with Crippen LogP contribution < -0.4 is 11.5 Å². The topological polar surface area (TPSA) is 72.3 Å². The SMILES string of the molecule is Cl.NC[C@@H]1CN(Cc2cc(C(N)=O)cs2)C[C@H]1c1ccccc1. The summed E-state index contributed by atoms with van der Waals surface area (Å²) in [7, 11) is 0. The van der Waals surface area contributed by atoms with Crippen LogP contribution in [0.1, 0.15) is 26.7 Å². The Morgan fingerprint density at radius 3 is 2.61 bits per heavy atom. The molecule has 0 radical (unpaired) electrons. The molecule has 1 aliphatic heterocycles. The quantitative estimate of drug-likeness (QED) is 0.869. The summed E-state index contributed by atoms with van der Waals surface area (Å²) in [6, 6.07) is 12.5. The van der Waals surface area contributed by atoms with Gasteiger partial charge in [-0.3, -0.25) is 9.69 Å². The molecular weight excluding hydrogens is 330 g/mol. The molecule has 0 unspecified atom stereocenters. The van der Waals surface area contributed by atoms with Gasteiger partial charge in [-0.15, -0.1) is 23.7 Å². The van der Waals surface area contributed by atoms with Crippen molar-refractivity contribution in [3.63, 3.8) is 0 Å². The monoisotopic (exact) mass is 351 g/mol. The number of rotatable bonds is 5. The fourth-order valence-corrected chi connectivity index (χ4v) is 4.13. The van der Waals surface area contributed by atoms with Crippen LogP contribution in [0.4, 0.5) is 0 Å². The Kier molecular flexibility index (Phi) is 6.18. The molecule has 124 valence electrons. The standard InChI is InChI=1S/C17H21N3OS.ClH/c18-7-14-8-20(9-15-6-13(11-22-15)17(19)21)10-16(14)12-4-2-1-3-5-12;/h1-6,11,14,16H,7-10,18H2,(H2,19,21);1H/t14-,16+;/m1./s1. The molecule has 1 saturated heterocycles. The summed E-state index contributed by atoms with van der Waals surface area (Å²) in [5, 5.41) is 1.84. The Hall–Kier alpha value is -1.40. The number of carbonyl (C=O) groups excluding carboxylic acids is 1. The van der Waals surface area contributed by atoms with Gasteiger partial charge in [0.1, 0.15) is 0 Å². The highest BCUT2D eigenvalue weighted by Gasteiger charge is 2.32. The zero-order chi connectivity index (χ0) is 15.5. The highest BCUT2D eigenvalue weighted by atomic mass is 35.5. The average Bonchev–Trinajstić information content (AvgIpc) is 3.15. The Morgan fingerprint density at radius 1 is 1.26 bits per heavy atom. The third kappa shape index (κ3) is 4.12. The predicted molar refractivity (Wildman–Crippen MR) is 97.1 cm³/mol. The number of likely N-dealkylation sites (tertiary alicyclic amines) is 1. The number of thiophene rings is 1. The lowest BCUT2D eigenvalue weighted by Gasteiger charge is -2.16. The van der Waals surface area contributed by atoms with E-state index in [0.29, 0.717) is 23.9 Å². The molecule has 1 amide bonds. The van der Waals surface area contributed by atoms with Crippen LogP contribution in [0, 0.1) is 5.92 Å². The number of hydrogen-bond acceptors (Lipinski definition) is 4. The molecule has 0 bridgehead atoms. The third-order valence-corrected chi connectivity index (χ3v) is 5.29. The van der Waals surface area contributed by atoms with E-state index in [-0.39, 0.29) is 18.3 Å². The smallest absolute Gasteiger partial charge is 0.249 e. The van der Waals surface area contributed by atoms with Crippen LogP contribution in [0.5, 0.6) is 0 Å². The zero-order valence-corrected chi connectivity index (χ0v) is 14.5. The lowest BCUT2D eigenvalue weighted by atomic mass is 9.89. The molecule has 3 rings (SSSR count). The molecule has 2 aromatic rings. The molecule has 6 heteroatoms. The first-order valence-electron chi connectivity index (χ1n) is 7.52. The van der Waals surface area contributed by atoms with Crippen molar-refractivity contribution >= 4 is 29.7 Å². The third-order valence-electron chi connectivity index (χ3n) is 4.36. The predicted octanol–water partition coefficient (Wildman–Crippen LogP) is 2.44. The van der Waals surface area contributed by atoms with E-state index in [1.54, 1.807) is 11.3 Å². The number of carbonyl (C=O) groups is 1. The minimum atomic E-state index is -0.356. The van der Waals surface area contributed by atoms with Crippen LogP contribution in [0.2, 0.25) is 0 Å². The van der Waals surface area contributed by atoms with E-state index in [1.807, 2.05) is 17.5 Å². The van der Waals surface area contributed by atoms with Crippen LogP contribution >= 0.6 is 23.7 Å². The second kappa shape index (κ2) is 7.93. The summed E-state index contributed by atoms with van der Waals surface area (Å²) in [6.45, 7) is 3.57. The second-order valence-electron chi connectivity index (χ2n) is 5.87. The van der Waals surface area contributed by atoms with Crippen molar-refractivity contribution in [1.82, 2.24) is 4.90 Å². The number of halogens is 1. The van der Waals surface area contributed by atoms with Crippen LogP contribution in [0.3, 0.4) is 0 Å². The normalized spacial score (nSPS) is 21.1. The van der Waals surface area contributed by atoms with Gasteiger partial charge in [-0.1, -0.05) is 30.3 Å². The van der Waals surface area contributed by atoms with Crippen LogP contribution in [0.25, 0.3) is 0 Å². The van der Waals surface area contributed by atoms with E-state index in [4.69, 9.17) is 11.5 Å². The van der Waals surface area contributed by atoms with Crippen molar-refractivity contribution in [3.8, 4) is 0 Å². The van der Waals surface area contributed by atoms with Crippen molar-refractivity contribution in [1.29, 1.82) is 0 Å². The fraction of sp³-hybridized carbons (Fsp3) is 0.353. The summed E-state index contributed by atoms with van der Waals surface area (Å²) in [4.78, 5) is 14.8. The Bertz CT molecular complexity index is 646. The van der Waals surface area contributed by atoms with Crippen molar-refractivity contribution in [2.24, 2.45) is 17.4 Å². The van der Waals surface area contributed by atoms with E-state index in [0.717, 1.165) is 19.6 Å². The Morgan fingerprint density at radius 2 is 2.00 bits per heavy atom. The summed E-state index contributed by atoms with van der Waals surface area (Å²) in [6.07, 6.45) is 0. The number of hydrogen-bond donors (Lipinski definition) is 2. The largest absolute Gasteiger partial charge is 0.366 e. The maximum Gasteiger partial charge on any atom is 0.249 e.